The minimum absolute atomic E-state index is 0.0882. The molecule has 0 atom stereocenters. The number of anilines is 1. The van der Waals surface area contributed by atoms with Gasteiger partial charge in [-0.3, -0.25) is 0 Å². The van der Waals surface area contributed by atoms with Crippen LogP contribution in [-0.4, -0.2) is 17.1 Å². The number of hydrogen-bond acceptors (Lipinski definition) is 3. The molecule has 0 amide bonds. The molecule has 0 radical (unpaired) electrons. The van der Waals surface area contributed by atoms with Crippen molar-refractivity contribution in [2.45, 2.75) is 39.8 Å². The molecule has 0 aliphatic heterocycles. The molecule has 0 aliphatic carbocycles. The quantitative estimate of drug-likeness (QED) is 0.851. The molecular weight excluding hydrogens is 222 g/mol. The van der Waals surface area contributed by atoms with E-state index in [9.17, 15) is 0 Å². The largest absolute Gasteiger partial charge is 0.370 e. The van der Waals surface area contributed by atoms with Gasteiger partial charge in [-0.15, -0.1) is 0 Å². The number of rotatable bonds is 4. The van der Waals surface area contributed by atoms with Crippen molar-refractivity contribution in [3.05, 3.63) is 22.8 Å². The normalized spacial score (nSPS) is 11.6. The fourth-order valence-corrected chi connectivity index (χ4v) is 1.42. The third-order valence-corrected chi connectivity index (χ3v) is 2.44. The first-order valence-corrected chi connectivity index (χ1v) is 5.93. The van der Waals surface area contributed by atoms with Gasteiger partial charge in [-0.1, -0.05) is 11.6 Å². The third kappa shape index (κ3) is 4.37. The van der Waals surface area contributed by atoms with Crippen molar-refractivity contribution in [2.75, 3.05) is 11.9 Å². The highest BCUT2D eigenvalue weighted by Crippen LogP contribution is 2.18. The molecule has 1 heterocycles. The van der Waals surface area contributed by atoms with Crippen molar-refractivity contribution in [1.82, 2.24) is 10.3 Å². The summed E-state index contributed by atoms with van der Waals surface area (Å²) in [5, 5.41) is 7.29. The molecule has 1 aromatic heterocycles. The minimum atomic E-state index is 0.0882. The summed E-state index contributed by atoms with van der Waals surface area (Å²) in [5.74, 6) is 0.873. The second-order valence-electron chi connectivity index (χ2n) is 4.79. The Morgan fingerprint density at radius 1 is 1.38 bits per heavy atom. The van der Waals surface area contributed by atoms with Gasteiger partial charge in [0.15, 0.2) is 0 Å². The molecule has 0 aromatic carbocycles. The van der Waals surface area contributed by atoms with Crippen LogP contribution in [0.4, 0.5) is 5.82 Å². The van der Waals surface area contributed by atoms with E-state index in [2.05, 4.69) is 36.4 Å². The highest BCUT2D eigenvalue weighted by Gasteiger charge is 2.10. The maximum Gasteiger partial charge on any atom is 0.126 e. The number of aromatic nitrogens is 1. The van der Waals surface area contributed by atoms with Gasteiger partial charge < -0.3 is 10.6 Å². The van der Waals surface area contributed by atoms with E-state index in [1.807, 2.05) is 13.0 Å². The maximum absolute atomic E-state index is 6.09. The predicted octanol–water partition coefficient (Wildman–Crippen LogP) is 3.05. The number of halogens is 1. The number of hydrogen-bond donors (Lipinski definition) is 2. The van der Waals surface area contributed by atoms with Crippen molar-refractivity contribution in [2.24, 2.45) is 0 Å². The van der Waals surface area contributed by atoms with Crippen LogP contribution in [-0.2, 0) is 6.54 Å². The summed E-state index contributed by atoms with van der Waals surface area (Å²) in [5.41, 5.74) is 1.16. The van der Waals surface area contributed by atoms with Crippen LogP contribution in [0, 0.1) is 0 Å². The number of pyridine rings is 1. The van der Waals surface area contributed by atoms with E-state index in [0.717, 1.165) is 24.5 Å². The van der Waals surface area contributed by atoms with E-state index in [-0.39, 0.29) is 5.54 Å². The second kappa shape index (κ2) is 5.51. The van der Waals surface area contributed by atoms with Crippen molar-refractivity contribution in [1.29, 1.82) is 0 Å². The summed E-state index contributed by atoms with van der Waals surface area (Å²) in [7, 11) is 0. The summed E-state index contributed by atoms with van der Waals surface area (Å²) >= 11 is 6.09. The summed E-state index contributed by atoms with van der Waals surface area (Å²) in [4.78, 5) is 4.20. The number of nitrogens with one attached hydrogen (secondary N) is 2. The Hall–Kier alpha value is -0.800. The summed E-state index contributed by atoms with van der Waals surface area (Å²) < 4.78 is 0. The van der Waals surface area contributed by atoms with Crippen LogP contribution < -0.4 is 10.6 Å². The standard InChI is InChI=1S/C12H20ClN3/c1-5-14-11-6-9(10(13)8-15-11)7-16-12(2,3)4/h6,8,16H,5,7H2,1-4H3,(H,14,15). The van der Waals surface area contributed by atoms with Crippen LogP contribution in [0.2, 0.25) is 5.02 Å². The van der Waals surface area contributed by atoms with Crippen molar-refractivity contribution in [3.8, 4) is 0 Å². The van der Waals surface area contributed by atoms with Crippen LogP contribution in [0.1, 0.15) is 33.3 Å². The Morgan fingerprint density at radius 2 is 2.06 bits per heavy atom. The lowest BCUT2D eigenvalue weighted by Gasteiger charge is -2.21. The molecule has 0 saturated carbocycles. The minimum Gasteiger partial charge on any atom is -0.370 e. The molecule has 0 bridgehead atoms. The predicted molar refractivity (Wildman–Crippen MR) is 70.0 cm³/mol. The summed E-state index contributed by atoms with van der Waals surface area (Å²) in [6.45, 7) is 10.1. The zero-order valence-electron chi connectivity index (χ0n) is 10.4. The molecule has 2 N–H and O–H groups in total. The van der Waals surface area contributed by atoms with E-state index < -0.39 is 0 Å². The van der Waals surface area contributed by atoms with Crippen LogP contribution in [0.3, 0.4) is 0 Å². The molecule has 3 nitrogen and oxygen atoms in total. The average Bonchev–Trinajstić information content (AvgIpc) is 2.18. The Kier molecular flexibility index (Phi) is 4.56. The fourth-order valence-electron chi connectivity index (χ4n) is 1.25. The maximum atomic E-state index is 6.09. The Balaban J connectivity index is 2.74. The molecule has 0 aliphatic rings. The lowest BCUT2D eigenvalue weighted by atomic mass is 10.1. The van der Waals surface area contributed by atoms with E-state index in [1.165, 1.54) is 0 Å². The average molecular weight is 242 g/mol. The molecule has 0 saturated heterocycles. The van der Waals surface area contributed by atoms with Gasteiger partial charge in [0.05, 0.1) is 5.02 Å². The van der Waals surface area contributed by atoms with Gasteiger partial charge in [-0.2, -0.15) is 0 Å². The molecule has 1 aromatic rings. The van der Waals surface area contributed by atoms with Gasteiger partial charge >= 0.3 is 0 Å². The summed E-state index contributed by atoms with van der Waals surface area (Å²) in [6.07, 6.45) is 1.69. The van der Waals surface area contributed by atoms with Gasteiger partial charge in [0, 0.05) is 24.8 Å². The van der Waals surface area contributed by atoms with Gasteiger partial charge in [0.2, 0.25) is 0 Å². The molecule has 0 fully saturated rings. The zero-order valence-corrected chi connectivity index (χ0v) is 11.2. The van der Waals surface area contributed by atoms with E-state index in [1.54, 1.807) is 6.20 Å². The Bertz CT molecular complexity index is 345. The zero-order chi connectivity index (χ0) is 12.2. The highest BCUT2D eigenvalue weighted by atomic mass is 35.5. The first kappa shape index (κ1) is 13.3. The molecule has 90 valence electrons. The van der Waals surface area contributed by atoms with Crippen LogP contribution in [0.25, 0.3) is 0 Å². The van der Waals surface area contributed by atoms with E-state index in [0.29, 0.717) is 5.02 Å². The molecule has 0 unspecified atom stereocenters. The number of nitrogens with zero attached hydrogens (tertiary/aromatic N) is 1. The molecular formula is C12H20ClN3. The summed E-state index contributed by atoms with van der Waals surface area (Å²) in [6, 6.07) is 1.99. The first-order chi connectivity index (χ1) is 7.42. The first-order valence-electron chi connectivity index (χ1n) is 5.55. The Labute approximate surface area is 103 Å². The lowest BCUT2D eigenvalue weighted by Crippen LogP contribution is -2.35. The lowest BCUT2D eigenvalue weighted by molar-refractivity contribution is 0.424. The third-order valence-electron chi connectivity index (χ3n) is 2.10. The van der Waals surface area contributed by atoms with Gasteiger partial charge in [0.25, 0.3) is 0 Å². The van der Waals surface area contributed by atoms with E-state index >= 15 is 0 Å². The molecule has 0 spiro atoms. The fraction of sp³-hybridized carbons (Fsp3) is 0.583. The van der Waals surface area contributed by atoms with Gasteiger partial charge in [-0.25, -0.2) is 4.98 Å². The second-order valence-corrected chi connectivity index (χ2v) is 5.20. The molecule has 4 heteroatoms. The van der Waals surface area contributed by atoms with Gasteiger partial charge in [-0.05, 0) is 39.3 Å². The van der Waals surface area contributed by atoms with Crippen LogP contribution in [0.5, 0.6) is 0 Å². The van der Waals surface area contributed by atoms with Crippen molar-refractivity contribution in [3.63, 3.8) is 0 Å². The van der Waals surface area contributed by atoms with Crippen molar-refractivity contribution < 1.29 is 0 Å². The smallest absolute Gasteiger partial charge is 0.126 e. The SMILES string of the molecule is CCNc1cc(CNC(C)(C)C)c(Cl)cn1. The van der Waals surface area contributed by atoms with Crippen LogP contribution >= 0.6 is 11.6 Å². The van der Waals surface area contributed by atoms with Crippen molar-refractivity contribution >= 4 is 17.4 Å². The topological polar surface area (TPSA) is 37.0 Å². The van der Waals surface area contributed by atoms with E-state index in [4.69, 9.17) is 11.6 Å². The highest BCUT2D eigenvalue weighted by molar-refractivity contribution is 6.31. The molecule has 1 rings (SSSR count). The van der Waals surface area contributed by atoms with Crippen LogP contribution in [0.15, 0.2) is 12.3 Å². The Morgan fingerprint density at radius 3 is 2.62 bits per heavy atom. The molecule has 16 heavy (non-hydrogen) atoms. The monoisotopic (exact) mass is 241 g/mol. The van der Waals surface area contributed by atoms with Gasteiger partial charge in [0.1, 0.15) is 5.82 Å².